The van der Waals surface area contributed by atoms with E-state index in [1.54, 1.807) is 19.1 Å². The van der Waals surface area contributed by atoms with E-state index in [9.17, 15) is 9.59 Å². The number of hydrogen-bond donors (Lipinski definition) is 1. The molecule has 0 saturated carbocycles. The van der Waals surface area contributed by atoms with Crippen molar-refractivity contribution in [3.63, 3.8) is 0 Å². The molecule has 2 aromatic carbocycles. The highest BCUT2D eigenvalue weighted by molar-refractivity contribution is 6.34. The summed E-state index contributed by atoms with van der Waals surface area (Å²) >= 11 is 12.5. The summed E-state index contributed by atoms with van der Waals surface area (Å²) < 4.78 is 21.4. The normalized spacial score (nSPS) is 11.7. The van der Waals surface area contributed by atoms with Crippen LogP contribution in [0.3, 0.4) is 0 Å². The smallest absolute Gasteiger partial charge is 0.258 e. The van der Waals surface area contributed by atoms with Crippen molar-refractivity contribution in [2.45, 2.75) is 26.8 Å². The topological polar surface area (TPSA) is 108 Å². The van der Waals surface area contributed by atoms with Gasteiger partial charge in [0.15, 0.2) is 23.0 Å². The first kappa shape index (κ1) is 26.2. The third kappa shape index (κ3) is 6.49. The molecule has 0 aliphatic rings. The molecule has 11 heteroatoms. The summed E-state index contributed by atoms with van der Waals surface area (Å²) in [5.41, 5.74) is 0.543. The summed E-state index contributed by atoms with van der Waals surface area (Å²) in [6.45, 7) is 5.54. The monoisotopic (exact) mass is 497 g/mol. The second-order valence-electron chi connectivity index (χ2n) is 6.50. The molecule has 1 amide bonds. The van der Waals surface area contributed by atoms with Gasteiger partial charge < -0.3 is 24.3 Å². The standard InChI is InChI=1S/C22H25Cl2N3O6/c1-6-32-16-9-8-15(21(18(16)24)33-7-2)25-22(29)19(12(3)28)27-26-13-10-14(23)20(31-5)17(11-13)30-4/h8-11,19H,6-7H2,1-5H3,(H,25,29). The number of benzene rings is 2. The number of carbonyl (C=O) groups is 2. The third-order valence-corrected chi connectivity index (χ3v) is 4.89. The van der Waals surface area contributed by atoms with Gasteiger partial charge in [-0.05, 0) is 39.0 Å². The molecule has 2 rings (SSSR count). The van der Waals surface area contributed by atoms with Gasteiger partial charge in [0.25, 0.3) is 5.91 Å². The lowest BCUT2D eigenvalue weighted by atomic mass is 10.2. The lowest BCUT2D eigenvalue weighted by Gasteiger charge is -2.17. The molecule has 178 valence electrons. The molecule has 0 fully saturated rings. The molecule has 0 aliphatic heterocycles. The number of nitrogens with one attached hydrogen (secondary N) is 1. The Morgan fingerprint density at radius 1 is 1.00 bits per heavy atom. The number of nitrogens with zero attached hydrogens (tertiary/aromatic N) is 2. The minimum atomic E-state index is -1.42. The number of ether oxygens (including phenoxy) is 4. The number of carbonyl (C=O) groups excluding carboxylic acids is 2. The van der Waals surface area contributed by atoms with Gasteiger partial charge in [-0.1, -0.05) is 23.2 Å². The van der Waals surface area contributed by atoms with E-state index in [0.29, 0.717) is 30.5 Å². The molecule has 33 heavy (non-hydrogen) atoms. The van der Waals surface area contributed by atoms with Gasteiger partial charge in [-0.15, -0.1) is 0 Å². The van der Waals surface area contributed by atoms with Crippen LogP contribution in [0.25, 0.3) is 0 Å². The molecule has 0 bridgehead atoms. The first-order chi connectivity index (χ1) is 15.8. The SMILES string of the molecule is CCOc1ccc(NC(=O)C(N=Nc2cc(Cl)c(OC)c(OC)c2)C(C)=O)c(OCC)c1Cl. The Morgan fingerprint density at radius 3 is 2.27 bits per heavy atom. The van der Waals surface area contributed by atoms with Crippen molar-refractivity contribution in [3.8, 4) is 23.0 Å². The van der Waals surface area contributed by atoms with Crippen LogP contribution in [-0.2, 0) is 9.59 Å². The van der Waals surface area contributed by atoms with Crippen LogP contribution in [0, 0.1) is 0 Å². The molecule has 9 nitrogen and oxygen atoms in total. The number of hydrogen-bond acceptors (Lipinski definition) is 8. The zero-order valence-electron chi connectivity index (χ0n) is 18.9. The fourth-order valence-corrected chi connectivity index (χ4v) is 3.35. The number of rotatable bonds is 11. The zero-order chi connectivity index (χ0) is 24.5. The highest BCUT2D eigenvalue weighted by Crippen LogP contribution is 2.41. The highest BCUT2D eigenvalue weighted by Gasteiger charge is 2.25. The predicted molar refractivity (Wildman–Crippen MR) is 126 cm³/mol. The molecule has 2 aromatic rings. The van der Waals surface area contributed by atoms with Crippen molar-refractivity contribution in [1.82, 2.24) is 0 Å². The second kappa shape index (κ2) is 12.3. The number of ketones is 1. The molecule has 1 N–H and O–H groups in total. The lowest BCUT2D eigenvalue weighted by Crippen LogP contribution is -2.32. The summed E-state index contributed by atoms with van der Waals surface area (Å²) in [4.78, 5) is 25.0. The van der Waals surface area contributed by atoms with E-state index in [1.807, 2.05) is 6.92 Å². The first-order valence-electron chi connectivity index (χ1n) is 9.99. The molecule has 1 unspecified atom stereocenters. The van der Waals surface area contributed by atoms with Gasteiger partial charge >= 0.3 is 0 Å². The van der Waals surface area contributed by atoms with Crippen molar-refractivity contribution < 1.29 is 28.5 Å². The summed E-state index contributed by atoms with van der Waals surface area (Å²) in [6, 6.07) is 4.74. The first-order valence-corrected chi connectivity index (χ1v) is 10.7. The van der Waals surface area contributed by atoms with Gasteiger partial charge in [-0.2, -0.15) is 10.2 Å². The van der Waals surface area contributed by atoms with Crippen molar-refractivity contribution in [2.75, 3.05) is 32.8 Å². The molecule has 0 aliphatic carbocycles. The summed E-state index contributed by atoms with van der Waals surface area (Å²) in [7, 11) is 2.89. The third-order valence-electron chi connectivity index (χ3n) is 4.25. The van der Waals surface area contributed by atoms with Gasteiger partial charge in [0.2, 0.25) is 6.04 Å². The quantitative estimate of drug-likeness (QED) is 0.324. The highest BCUT2D eigenvalue weighted by atomic mass is 35.5. The van der Waals surface area contributed by atoms with Gasteiger partial charge in [0.1, 0.15) is 10.8 Å². The van der Waals surface area contributed by atoms with Crippen molar-refractivity contribution in [2.24, 2.45) is 10.2 Å². The molecule has 0 heterocycles. The van der Waals surface area contributed by atoms with Crippen LogP contribution in [0.5, 0.6) is 23.0 Å². The largest absolute Gasteiger partial charge is 0.493 e. The maximum atomic E-state index is 12.9. The Labute approximate surface area is 202 Å². The number of methoxy groups -OCH3 is 2. The van der Waals surface area contributed by atoms with Crippen LogP contribution in [0.1, 0.15) is 20.8 Å². The molecular weight excluding hydrogens is 473 g/mol. The number of anilines is 1. The molecule has 0 aromatic heterocycles. The number of halogens is 2. The van der Waals surface area contributed by atoms with E-state index in [4.69, 9.17) is 42.1 Å². The van der Waals surface area contributed by atoms with E-state index in [2.05, 4.69) is 15.5 Å². The van der Waals surface area contributed by atoms with Crippen molar-refractivity contribution in [3.05, 3.63) is 34.3 Å². The van der Waals surface area contributed by atoms with E-state index >= 15 is 0 Å². The molecule has 0 radical (unpaired) electrons. The average molecular weight is 498 g/mol. The van der Waals surface area contributed by atoms with E-state index < -0.39 is 17.7 Å². The minimum Gasteiger partial charge on any atom is -0.493 e. The van der Waals surface area contributed by atoms with Gasteiger partial charge in [-0.25, -0.2) is 0 Å². The predicted octanol–water partition coefficient (Wildman–Crippen LogP) is 5.49. The Morgan fingerprint density at radius 2 is 1.70 bits per heavy atom. The Hall–Kier alpha value is -3.04. The number of azo groups is 1. The average Bonchev–Trinajstić information content (AvgIpc) is 2.77. The van der Waals surface area contributed by atoms with Crippen LogP contribution in [-0.4, -0.2) is 45.2 Å². The number of amides is 1. The minimum absolute atomic E-state index is 0.206. The van der Waals surface area contributed by atoms with Crippen LogP contribution < -0.4 is 24.3 Å². The van der Waals surface area contributed by atoms with E-state index in [0.717, 1.165) is 0 Å². The zero-order valence-corrected chi connectivity index (χ0v) is 20.4. The molecular formula is C22H25Cl2N3O6. The van der Waals surface area contributed by atoms with E-state index in [1.165, 1.54) is 33.3 Å². The fourth-order valence-electron chi connectivity index (χ4n) is 2.79. The van der Waals surface area contributed by atoms with Crippen molar-refractivity contribution in [1.29, 1.82) is 0 Å². The molecule has 0 saturated heterocycles. The molecule has 1 atom stereocenters. The maximum absolute atomic E-state index is 12.9. The van der Waals surface area contributed by atoms with Gasteiger partial charge in [0, 0.05) is 6.07 Å². The lowest BCUT2D eigenvalue weighted by molar-refractivity contribution is -0.126. The Balaban J connectivity index is 2.33. The number of Topliss-reactive ketones (excluding diaryl/α,β-unsaturated/α-hetero) is 1. The van der Waals surface area contributed by atoms with Crippen LogP contribution in [0.2, 0.25) is 10.0 Å². The maximum Gasteiger partial charge on any atom is 0.258 e. The van der Waals surface area contributed by atoms with Crippen LogP contribution in [0.4, 0.5) is 11.4 Å². The van der Waals surface area contributed by atoms with E-state index in [-0.39, 0.29) is 27.2 Å². The summed E-state index contributed by atoms with van der Waals surface area (Å²) in [6.07, 6.45) is 0. The van der Waals surface area contributed by atoms with Gasteiger partial charge in [-0.3, -0.25) is 9.59 Å². The second-order valence-corrected chi connectivity index (χ2v) is 7.29. The van der Waals surface area contributed by atoms with Crippen LogP contribution in [0.15, 0.2) is 34.5 Å². The fraction of sp³-hybridized carbons (Fsp3) is 0.364. The van der Waals surface area contributed by atoms with Gasteiger partial charge in [0.05, 0.1) is 43.8 Å². The van der Waals surface area contributed by atoms with Crippen LogP contribution >= 0.6 is 23.2 Å². The Bertz CT molecular complexity index is 1050. The summed E-state index contributed by atoms with van der Waals surface area (Å²) in [5.74, 6) is 0.0675. The molecule has 0 spiro atoms. The van der Waals surface area contributed by atoms with Crippen molar-refractivity contribution >= 4 is 46.3 Å². The Kier molecular flexibility index (Phi) is 9.74. The summed E-state index contributed by atoms with van der Waals surface area (Å²) in [5, 5.41) is 11.0.